The summed E-state index contributed by atoms with van der Waals surface area (Å²) in [5, 5.41) is 3.40. The number of nitrogens with zero attached hydrogens (tertiary/aromatic N) is 2. The second-order valence-corrected chi connectivity index (χ2v) is 6.76. The van der Waals surface area contributed by atoms with E-state index in [-0.39, 0.29) is 0 Å². The van der Waals surface area contributed by atoms with Crippen molar-refractivity contribution < 1.29 is 4.79 Å². The third-order valence-corrected chi connectivity index (χ3v) is 5.38. The first-order valence-electron chi connectivity index (χ1n) is 8.55. The highest BCUT2D eigenvalue weighted by Gasteiger charge is 2.30. The van der Waals surface area contributed by atoms with E-state index in [2.05, 4.69) is 15.1 Å². The summed E-state index contributed by atoms with van der Waals surface area (Å²) in [6, 6.07) is 0.653. The third-order valence-electron chi connectivity index (χ3n) is 5.38. The van der Waals surface area contributed by atoms with Gasteiger partial charge in [0.15, 0.2) is 0 Å². The van der Waals surface area contributed by atoms with Crippen molar-refractivity contribution >= 4 is 5.91 Å². The molecule has 20 heavy (non-hydrogen) atoms. The Bertz CT molecular complexity index is 328. The number of piperidine rings is 1. The molecule has 3 rings (SSSR count). The minimum Gasteiger partial charge on any atom is -0.341 e. The molecule has 0 aromatic heterocycles. The average Bonchev–Trinajstić information content (AvgIpc) is 2.83. The van der Waals surface area contributed by atoms with Crippen LogP contribution in [-0.2, 0) is 4.79 Å². The van der Waals surface area contributed by atoms with Crippen molar-refractivity contribution in [2.45, 2.75) is 51.0 Å². The molecule has 0 aromatic carbocycles. The zero-order chi connectivity index (χ0) is 13.8. The maximum atomic E-state index is 12.5. The van der Waals surface area contributed by atoms with E-state index in [9.17, 15) is 4.79 Å². The molecule has 0 radical (unpaired) electrons. The number of nitrogens with one attached hydrogen (secondary N) is 1. The van der Waals surface area contributed by atoms with Crippen LogP contribution >= 0.6 is 0 Å². The van der Waals surface area contributed by atoms with Gasteiger partial charge in [-0.05, 0) is 64.1 Å². The summed E-state index contributed by atoms with van der Waals surface area (Å²) >= 11 is 0. The Hall–Kier alpha value is -0.610. The molecule has 0 spiro atoms. The van der Waals surface area contributed by atoms with E-state index >= 15 is 0 Å². The van der Waals surface area contributed by atoms with Crippen molar-refractivity contribution in [1.82, 2.24) is 15.1 Å². The smallest absolute Gasteiger partial charge is 0.222 e. The first-order chi connectivity index (χ1) is 9.83. The molecule has 3 fully saturated rings. The van der Waals surface area contributed by atoms with Crippen LogP contribution in [0, 0.1) is 5.92 Å². The molecule has 1 atom stereocenters. The Balaban J connectivity index is 1.46. The number of amides is 1. The van der Waals surface area contributed by atoms with E-state index < -0.39 is 0 Å². The minimum atomic E-state index is 0.414. The highest BCUT2D eigenvalue weighted by Crippen LogP contribution is 2.23. The van der Waals surface area contributed by atoms with E-state index in [0.717, 1.165) is 51.4 Å². The summed E-state index contributed by atoms with van der Waals surface area (Å²) in [6.45, 7) is 6.70. The highest BCUT2D eigenvalue weighted by atomic mass is 16.2. The van der Waals surface area contributed by atoms with Gasteiger partial charge < -0.3 is 10.2 Å². The van der Waals surface area contributed by atoms with Crippen LogP contribution < -0.4 is 5.32 Å². The fourth-order valence-corrected chi connectivity index (χ4v) is 4.09. The van der Waals surface area contributed by atoms with Crippen LogP contribution in [0.5, 0.6) is 0 Å². The molecule has 4 nitrogen and oxygen atoms in total. The number of hydrogen-bond donors (Lipinski definition) is 1. The lowest BCUT2D eigenvalue weighted by atomic mass is 9.93. The molecule has 0 aromatic rings. The zero-order valence-corrected chi connectivity index (χ0v) is 12.6. The SMILES string of the molecule is O=C(CCC1CCNCC1)N1CCCN2CCCC2C1. The standard InChI is InChI=1S/C16H29N3O/c20-16(5-4-14-6-8-17-9-7-14)19-12-2-11-18-10-1-3-15(18)13-19/h14-15,17H,1-13H2. The maximum absolute atomic E-state index is 12.5. The minimum absolute atomic E-state index is 0.414. The molecule has 3 saturated heterocycles. The second-order valence-electron chi connectivity index (χ2n) is 6.76. The van der Waals surface area contributed by atoms with Gasteiger partial charge in [0.2, 0.25) is 5.91 Å². The van der Waals surface area contributed by atoms with Crippen molar-refractivity contribution in [3.05, 3.63) is 0 Å². The fraction of sp³-hybridized carbons (Fsp3) is 0.938. The lowest BCUT2D eigenvalue weighted by molar-refractivity contribution is -0.131. The summed E-state index contributed by atoms with van der Waals surface area (Å²) in [4.78, 5) is 17.2. The largest absolute Gasteiger partial charge is 0.341 e. The van der Waals surface area contributed by atoms with Crippen LogP contribution in [0.4, 0.5) is 0 Å². The van der Waals surface area contributed by atoms with Crippen LogP contribution in [0.25, 0.3) is 0 Å². The van der Waals surface area contributed by atoms with Crippen molar-refractivity contribution in [3.63, 3.8) is 0 Å². The first-order valence-corrected chi connectivity index (χ1v) is 8.55. The van der Waals surface area contributed by atoms with Gasteiger partial charge in [-0.3, -0.25) is 9.69 Å². The van der Waals surface area contributed by atoms with Crippen molar-refractivity contribution in [3.8, 4) is 0 Å². The van der Waals surface area contributed by atoms with Crippen LogP contribution in [0.2, 0.25) is 0 Å². The Morgan fingerprint density at radius 1 is 1.05 bits per heavy atom. The van der Waals surface area contributed by atoms with Crippen molar-refractivity contribution in [1.29, 1.82) is 0 Å². The fourth-order valence-electron chi connectivity index (χ4n) is 4.09. The number of carbonyl (C=O) groups is 1. The predicted molar refractivity (Wildman–Crippen MR) is 80.6 cm³/mol. The summed E-state index contributed by atoms with van der Waals surface area (Å²) in [7, 11) is 0. The molecule has 0 saturated carbocycles. The van der Waals surface area contributed by atoms with Gasteiger partial charge in [-0.25, -0.2) is 0 Å². The first kappa shape index (κ1) is 14.3. The average molecular weight is 279 g/mol. The van der Waals surface area contributed by atoms with Crippen LogP contribution in [0.3, 0.4) is 0 Å². The lowest BCUT2D eigenvalue weighted by Crippen LogP contribution is -2.39. The van der Waals surface area contributed by atoms with Crippen LogP contribution in [0.1, 0.15) is 44.9 Å². The molecule has 1 N–H and O–H groups in total. The van der Waals surface area contributed by atoms with E-state index in [4.69, 9.17) is 0 Å². The molecule has 4 heteroatoms. The van der Waals surface area contributed by atoms with Gasteiger partial charge in [-0.1, -0.05) is 0 Å². The molecule has 0 aliphatic carbocycles. The Labute approximate surface area is 122 Å². The van der Waals surface area contributed by atoms with Gasteiger partial charge in [0, 0.05) is 32.1 Å². The van der Waals surface area contributed by atoms with Gasteiger partial charge in [0.25, 0.3) is 0 Å². The van der Waals surface area contributed by atoms with Gasteiger partial charge >= 0.3 is 0 Å². The maximum Gasteiger partial charge on any atom is 0.222 e. The molecular formula is C16H29N3O. The van der Waals surface area contributed by atoms with Crippen LogP contribution in [0.15, 0.2) is 0 Å². The molecule has 114 valence electrons. The monoisotopic (exact) mass is 279 g/mol. The second kappa shape index (κ2) is 6.90. The van der Waals surface area contributed by atoms with E-state index in [0.29, 0.717) is 11.9 Å². The third kappa shape index (κ3) is 3.53. The Morgan fingerprint density at radius 2 is 1.85 bits per heavy atom. The molecule has 1 unspecified atom stereocenters. The predicted octanol–water partition coefficient (Wildman–Crippen LogP) is 1.46. The number of carbonyl (C=O) groups excluding carboxylic acids is 1. The van der Waals surface area contributed by atoms with Gasteiger partial charge in [0.1, 0.15) is 0 Å². The molecule has 1 amide bonds. The molecule has 3 heterocycles. The topological polar surface area (TPSA) is 35.6 Å². The Morgan fingerprint density at radius 3 is 2.70 bits per heavy atom. The molecule has 0 bridgehead atoms. The summed E-state index contributed by atoms with van der Waals surface area (Å²) in [5.74, 6) is 1.19. The van der Waals surface area contributed by atoms with Crippen molar-refractivity contribution in [2.24, 2.45) is 5.92 Å². The highest BCUT2D eigenvalue weighted by molar-refractivity contribution is 5.76. The number of rotatable bonds is 3. The lowest BCUT2D eigenvalue weighted by Gasteiger charge is -2.27. The zero-order valence-electron chi connectivity index (χ0n) is 12.6. The van der Waals surface area contributed by atoms with E-state index in [1.165, 1.54) is 38.8 Å². The van der Waals surface area contributed by atoms with Gasteiger partial charge in [0.05, 0.1) is 0 Å². The number of fused-ring (bicyclic) bond motifs is 1. The molecule has 3 aliphatic rings. The molecule has 3 aliphatic heterocycles. The van der Waals surface area contributed by atoms with Gasteiger partial charge in [-0.2, -0.15) is 0 Å². The van der Waals surface area contributed by atoms with Gasteiger partial charge in [-0.15, -0.1) is 0 Å². The molecular weight excluding hydrogens is 250 g/mol. The van der Waals surface area contributed by atoms with E-state index in [1.54, 1.807) is 0 Å². The van der Waals surface area contributed by atoms with Crippen molar-refractivity contribution in [2.75, 3.05) is 39.3 Å². The summed E-state index contributed by atoms with van der Waals surface area (Å²) < 4.78 is 0. The number of hydrogen-bond acceptors (Lipinski definition) is 3. The Kier molecular flexibility index (Phi) is 4.94. The van der Waals surface area contributed by atoms with E-state index in [1.807, 2.05) is 0 Å². The van der Waals surface area contributed by atoms with Crippen LogP contribution in [-0.4, -0.2) is 61.0 Å². The normalized spacial score (nSPS) is 29.2. The summed E-state index contributed by atoms with van der Waals surface area (Å²) in [6.07, 6.45) is 8.16. The summed E-state index contributed by atoms with van der Waals surface area (Å²) in [5.41, 5.74) is 0. The quantitative estimate of drug-likeness (QED) is 0.849.